The highest BCUT2D eigenvalue weighted by Gasteiger charge is 2.39. The van der Waals surface area contributed by atoms with Crippen LogP contribution >= 0.6 is 11.6 Å². The molecule has 6 nitrogen and oxygen atoms in total. The molecule has 110 valence electrons. The lowest BCUT2D eigenvalue weighted by Gasteiger charge is -2.31. The molecule has 1 N–H and O–H groups in total. The van der Waals surface area contributed by atoms with Crippen molar-refractivity contribution >= 4 is 27.6 Å². The maximum Gasteiger partial charge on any atom is 0.324 e. The summed E-state index contributed by atoms with van der Waals surface area (Å²) >= 11 is 5.78. The van der Waals surface area contributed by atoms with Crippen molar-refractivity contribution in [1.29, 1.82) is 0 Å². The van der Waals surface area contributed by atoms with Crippen LogP contribution in [-0.4, -0.2) is 49.6 Å². The van der Waals surface area contributed by atoms with Crippen LogP contribution in [0.4, 0.5) is 4.39 Å². The van der Waals surface area contributed by atoms with E-state index in [-0.39, 0.29) is 24.8 Å². The number of hydrogen-bond acceptors (Lipinski definition) is 4. The molecule has 0 saturated carbocycles. The number of morpholine rings is 1. The van der Waals surface area contributed by atoms with Crippen molar-refractivity contribution in [2.45, 2.75) is 10.9 Å². The number of carbonyl (C=O) groups is 1. The Balaban J connectivity index is 2.47. The van der Waals surface area contributed by atoms with Gasteiger partial charge in [-0.3, -0.25) is 4.79 Å². The second kappa shape index (κ2) is 5.65. The predicted molar refractivity (Wildman–Crippen MR) is 67.5 cm³/mol. The fraction of sp³-hybridized carbons (Fsp3) is 0.364. The van der Waals surface area contributed by atoms with Crippen molar-refractivity contribution in [2.75, 3.05) is 19.8 Å². The first-order valence-corrected chi connectivity index (χ1v) is 7.43. The van der Waals surface area contributed by atoms with Gasteiger partial charge in [0.25, 0.3) is 0 Å². The summed E-state index contributed by atoms with van der Waals surface area (Å²) in [4.78, 5) is 10.6. The van der Waals surface area contributed by atoms with Gasteiger partial charge in [-0.1, -0.05) is 11.6 Å². The number of ether oxygens (including phenoxy) is 1. The lowest BCUT2D eigenvalue weighted by Crippen LogP contribution is -2.52. The largest absolute Gasteiger partial charge is 0.480 e. The van der Waals surface area contributed by atoms with E-state index in [0.29, 0.717) is 0 Å². The highest BCUT2D eigenvalue weighted by Crippen LogP contribution is 2.27. The van der Waals surface area contributed by atoms with Gasteiger partial charge in [0.15, 0.2) is 0 Å². The molecular weight excluding hydrogens is 313 g/mol. The summed E-state index contributed by atoms with van der Waals surface area (Å²) in [6, 6.07) is 1.55. The fourth-order valence-corrected chi connectivity index (χ4v) is 3.91. The van der Waals surface area contributed by atoms with E-state index in [1.165, 1.54) is 0 Å². The molecule has 1 heterocycles. The molecule has 2 rings (SSSR count). The minimum atomic E-state index is -4.21. The van der Waals surface area contributed by atoms with Crippen LogP contribution < -0.4 is 0 Å². The molecular formula is C11H11ClFNO5S. The second-order valence-electron chi connectivity index (χ2n) is 4.12. The zero-order valence-electron chi connectivity index (χ0n) is 10.1. The second-order valence-corrected chi connectivity index (χ2v) is 6.39. The van der Waals surface area contributed by atoms with Crippen LogP contribution in [0.15, 0.2) is 23.1 Å². The van der Waals surface area contributed by atoms with Crippen LogP contribution in [-0.2, 0) is 19.6 Å². The Morgan fingerprint density at radius 1 is 1.50 bits per heavy atom. The molecule has 1 aliphatic rings. The van der Waals surface area contributed by atoms with E-state index in [2.05, 4.69) is 0 Å². The van der Waals surface area contributed by atoms with E-state index in [0.717, 1.165) is 22.5 Å². The highest BCUT2D eigenvalue weighted by atomic mass is 35.5. The van der Waals surface area contributed by atoms with E-state index in [4.69, 9.17) is 21.4 Å². The number of carboxylic acids is 1. The Morgan fingerprint density at radius 3 is 2.85 bits per heavy atom. The van der Waals surface area contributed by atoms with E-state index >= 15 is 0 Å². The van der Waals surface area contributed by atoms with Crippen LogP contribution in [0.1, 0.15) is 0 Å². The van der Waals surface area contributed by atoms with Crippen molar-refractivity contribution in [2.24, 2.45) is 0 Å². The quantitative estimate of drug-likeness (QED) is 0.895. The number of nitrogens with zero attached hydrogens (tertiary/aromatic N) is 1. The Bertz CT molecular complexity index is 636. The number of carboxylic acid groups (broad SMARTS) is 1. The molecule has 0 aromatic heterocycles. The topological polar surface area (TPSA) is 83.9 Å². The highest BCUT2D eigenvalue weighted by molar-refractivity contribution is 7.89. The Hall–Kier alpha value is -1.22. The van der Waals surface area contributed by atoms with Crippen molar-refractivity contribution in [3.05, 3.63) is 29.0 Å². The molecule has 0 bridgehead atoms. The zero-order chi connectivity index (χ0) is 14.9. The predicted octanol–water partition coefficient (Wildman–Crippen LogP) is 0.953. The molecule has 0 radical (unpaired) electrons. The average Bonchev–Trinajstić information content (AvgIpc) is 2.41. The first kappa shape index (κ1) is 15.2. The zero-order valence-corrected chi connectivity index (χ0v) is 11.7. The lowest BCUT2D eigenvalue weighted by molar-refractivity contribution is -0.146. The summed E-state index contributed by atoms with van der Waals surface area (Å²) in [5.74, 6) is -2.10. The van der Waals surface area contributed by atoms with Crippen LogP contribution in [0.2, 0.25) is 5.02 Å². The van der Waals surface area contributed by atoms with Gasteiger partial charge < -0.3 is 9.84 Å². The summed E-state index contributed by atoms with van der Waals surface area (Å²) < 4.78 is 43.8. The summed E-state index contributed by atoms with van der Waals surface area (Å²) in [5, 5.41) is 8.88. The van der Waals surface area contributed by atoms with Gasteiger partial charge in [-0.2, -0.15) is 4.31 Å². The lowest BCUT2D eigenvalue weighted by atomic mass is 10.3. The first-order valence-electron chi connectivity index (χ1n) is 5.61. The monoisotopic (exact) mass is 323 g/mol. The molecule has 0 amide bonds. The molecule has 0 spiro atoms. The normalized spacial score (nSPS) is 20.8. The number of aliphatic carboxylic acids is 1. The minimum Gasteiger partial charge on any atom is -0.480 e. The number of hydrogen-bond donors (Lipinski definition) is 1. The Labute approximate surface area is 119 Å². The maximum atomic E-state index is 13.2. The molecule has 1 aromatic rings. The standard InChI is InChI=1S/C11H11ClFNO5S/c12-8-2-1-7(13)5-10(8)20(17,18)14-3-4-19-6-9(14)11(15)16/h1-2,5,9H,3-4,6H2,(H,15,16). The molecule has 1 saturated heterocycles. The van der Waals surface area contributed by atoms with Crippen LogP contribution in [0.5, 0.6) is 0 Å². The van der Waals surface area contributed by atoms with Crippen molar-refractivity contribution in [3.8, 4) is 0 Å². The summed E-state index contributed by atoms with van der Waals surface area (Å²) in [7, 11) is -4.21. The van der Waals surface area contributed by atoms with Gasteiger partial charge in [-0.25, -0.2) is 12.8 Å². The Kier molecular flexibility index (Phi) is 4.28. The number of benzene rings is 1. The molecule has 20 heavy (non-hydrogen) atoms. The number of sulfonamides is 1. The van der Waals surface area contributed by atoms with Gasteiger partial charge in [0.05, 0.1) is 18.2 Å². The van der Waals surface area contributed by atoms with E-state index in [9.17, 15) is 17.6 Å². The SMILES string of the molecule is O=C(O)C1COCCN1S(=O)(=O)c1cc(F)ccc1Cl. The van der Waals surface area contributed by atoms with E-state index in [1.54, 1.807) is 0 Å². The molecule has 1 aliphatic heterocycles. The molecule has 1 fully saturated rings. The van der Waals surface area contributed by atoms with Gasteiger partial charge in [0, 0.05) is 6.54 Å². The first-order chi connectivity index (χ1) is 9.34. The third-order valence-corrected chi connectivity index (χ3v) is 5.23. The minimum absolute atomic E-state index is 0.0654. The van der Waals surface area contributed by atoms with Gasteiger partial charge in [0.2, 0.25) is 10.0 Å². The third-order valence-electron chi connectivity index (χ3n) is 2.84. The molecule has 1 unspecified atom stereocenters. The number of rotatable bonds is 3. The average molecular weight is 324 g/mol. The smallest absolute Gasteiger partial charge is 0.324 e. The fourth-order valence-electron chi connectivity index (χ4n) is 1.87. The van der Waals surface area contributed by atoms with E-state index < -0.39 is 32.7 Å². The van der Waals surface area contributed by atoms with Crippen LogP contribution in [0.3, 0.4) is 0 Å². The molecule has 0 aliphatic carbocycles. The number of halogens is 2. The van der Waals surface area contributed by atoms with Gasteiger partial charge in [-0.15, -0.1) is 0 Å². The Morgan fingerprint density at radius 2 is 2.20 bits per heavy atom. The van der Waals surface area contributed by atoms with Crippen LogP contribution in [0, 0.1) is 5.82 Å². The third kappa shape index (κ3) is 2.78. The molecule has 9 heteroatoms. The van der Waals surface area contributed by atoms with Crippen molar-refractivity contribution in [1.82, 2.24) is 4.31 Å². The van der Waals surface area contributed by atoms with Gasteiger partial charge >= 0.3 is 5.97 Å². The van der Waals surface area contributed by atoms with E-state index in [1.807, 2.05) is 0 Å². The van der Waals surface area contributed by atoms with Crippen molar-refractivity contribution in [3.63, 3.8) is 0 Å². The van der Waals surface area contributed by atoms with Gasteiger partial charge in [-0.05, 0) is 18.2 Å². The summed E-state index contributed by atoms with van der Waals surface area (Å²) in [6.07, 6.45) is 0. The molecule has 1 atom stereocenters. The summed E-state index contributed by atoms with van der Waals surface area (Å²) in [5.41, 5.74) is 0. The molecule has 1 aromatic carbocycles. The maximum absolute atomic E-state index is 13.2. The summed E-state index contributed by atoms with van der Waals surface area (Å²) in [6.45, 7) is -0.330. The van der Waals surface area contributed by atoms with Gasteiger partial charge in [0.1, 0.15) is 16.8 Å². The van der Waals surface area contributed by atoms with Crippen LogP contribution in [0.25, 0.3) is 0 Å². The van der Waals surface area contributed by atoms with Crippen molar-refractivity contribution < 1.29 is 27.4 Å².